The van der Waals surface area contributed by atoms with Crippen molar-refractivity contribution in [1.82, 2.24) is 19.6 Å². The first-order chi connectivity index (χ1) is 9.19. The zero-order valence-corrected chi connectivity index (χ0v) is 11.8. The average Bonchev–Trinajstić information content (AvgIpc) is 3.02. The number of nitrogens with zero attached hydrogens (tertiary/aromatic N) is 4. The summed E-state index contributed by atoms with van der Waals surface area (Å²) in [6.07, 6.45) is 7.02. The fraction of sp³-hybridized carbons (Fsp3) is 0.500. The first-order valence-corrected chi connectivity index (χ1v) is 6.80. The van der Waals surface area contributed by atoms with Gasteiger partial charge in [-0.15, -0.1) is 0 Å². The van der Waals surface area contributed by atoms with Crippen molar-refractivity contribution in [3.8, 4) is 0 Å². The second kappa shape index (κ2) is 5.82. The molecule has 2 rings (SSSR count). The first kappa shape index (κ1) is 13.5. The summed E-state index contributed by atoms with van der Waals surface area (Å²) in [5.41, 5.74) is 3.17. The van der Waals surface area contributed by atoms with Crippen LogP contribution in [0, 0.1) is 6.92 Å². The van der Waals surface area contributed by atoms with Gasteiger partial charge in [-0.05, 0) is 31.4 Å². The molecule has 0 atom stereocenters. The molecule has 5 nitrogen and oxygen atoms in total. The lowest BCUT2D eigenvalue weighted by Gasteiger charge is -2.05. The fourth-order valence-corrected chi connectivity index (χ4v) is 2.22. The van der Waals surface area contributed by atoms with Gasteiger partial charge in [-0.3, -0.25) is 0 Å². The minimum absolute atomic E-state index is 0.209. The SMILES string of the molecule is CCCc1nn(C(=O)n2cccn2)c(CCC)c1C. The number of rotatable bonds is 4. The quantitative estimate of drug-likeness (QED) is 0.849. The van der Waals surface area contributed by atoms with E-state index < -0.39 is 0 Å². The Hall–Kier alpha value is -1.91. The molecule has 0 saturated carbocycles. The summed E-state index contributed by atoms with van der Waals surface area (Å²) in [6, 6.07) is 1.53. The van der Waals surface area contributed by atoms with E-state index in [9.17, 15) is 4.79 Å². The molecule has 0 unspecified atom stereocenters. The maximum atomic E-state index is 12.4. The molecule has 0 aromatic carbocycles. The van der Waals surface area contributed by atoms with Crippen LogP contribution in [0.2, 0.25) is 0 Å². The minimum Gasteiger partial charge on any atom is -0.244 e. The molecule has 0 aliphatic heterocycles. The zero-order valence-electron chi connectivity index (χ0n) is 11.8. The van der Waals surface area contributed by atoms with Crippen LogP contribution in [0.4, 0.5) is 4.79 Å². The van der Waals surface area contributed by atoms with Crippen LogP contribution >= 0.6 is 0 Å². The maximum Gasteiger partial charge on any atom is 0.369 e. The van der Waals surface area contributed by atoms with E-state index >= 15 is 0 Å². The van der Waals surface area contributed by atoms with Gasteiger partial charge in [0.15, 0.2) is 0 Å². The largest absolute Gasteiger partial charge is 0.369 e. The third-order valence-electron chi connectivity index (χ3n) is 3.20. The van der Waals surface area contributed by atoms with Gasteiger partial charge in [-0.1, -0.05) is 26.7 Å². The first-order valence-electron chi connectivity index (χ1n) is 6.80. The average molecular weight is 260 g/mol. The van der Waals surface area contributed by atoms with E-state index in [0.29, 0.717) is 0 Å². The van der Waals surface area contributed by atoms with Crippen molar-refractivity contribution >= 4 is 6.03 Å². The molecule has 2 heterocycles. The summed E-state index contributed by atoms with van der Waals surface area (Å²) in [4.78, 5) is 12.4. The van der Waals surface area contributed by atoms with Crippen LogP contribution in [0.3, 0.4) is 0 Å². The van der Waals surface area contributed by atoms with Crippen LogP contribution in [0.25, 0.3) is 0 Å². The Kier molecular flexibility index (Phi) is 4.14. The molecule has 2 aromatic heterocycles. The van der Waals surface area contributed by atoms with Gasteiger partial charge in [-0.2, -0.15) is 19.6 Å². The number of carbonyl (C=O) groups is 1. The van der Waals surface area contributed by atoms with E-state index in [1.807, 2.05) is 0 Å². The fourth-order valence-electron chi connectivity index (χ4n) is 2.22. The predicted molar refractivity (Wildman–Crippen MR) is 73.4 cm³/mol. The minimum atomic E-state index is -0.209. The van der Waals surface area contributed by atoms with Crippen molar-refractivity contribution in [2.45, 2.75) is 46.5 Å². The number of carbonyl (C=O) groups excluding carboxylic acids is 1. The Morgan fingerprint density at radius 3 is 2.58 bits per heavy atom. The van der Waals surface area contributed by atoms with Gasteiger partial charge in [-0.25, -0.2) is 4.79 Å². The number of aryl methyl sites for hydroxylation is 1. The second-order valence-electron chi connectivity index (χ2n) is 4.66. The van der Waals surface area contributed by atoms with Gasteiger partial charge in [0.25, 0.3) is 0 Å². The van der Waals surface area contributed by atoms with Gasteiger partial charge in [0, 0.05) is 12.4 Å². The Morgan fingerprint density at radius 1 is 1.26 bits per heavy atom. The van der Waals surface area contributed by atoms with E-state index in [0.717, 1.165) is 42.6 Å². The van der Waals surface area contributed by atoms with Crippen molar-refractivity contribution < 1.29 is 4.79 Å². The molecule has 0 aliphatic carbocycles. The van der Waals surface area contributed by atoms with Crippen LogP contribution in [0.15, 0.2) is 18.5 Å². The van der Waals surface area contributed by atoms with Crippen molar-refractivity contribution in [2.24, 2.45) is 0 Å². The van der Waals surface area contributed by atoms with Crippen LogP contribution in [-0.2, 0) is 12.8 Å². The van der Waals surface area contributed by atoms with Gasteiger partial charge in [0.1, 0.15) is 0 Å². The van der Waals surface area contributed by atoms with Crippen molar-refractivity contribution in [1.29, 1.82) is 0 Å². The van der Waals surface area contributed by atoms with Crippen LogP contribution < -0.4 is 0 Å². The molecule has 0 N–H and O–H groups in total. The standard InChI is InChI=1S/C14H20N4O/c1-4-7-12-11(3)13(8-5-2)18(16-12)14(19)17-10-6-9-15-17/h6,9-10H,4-5,7-8H2,1-3H3. The van der Waals surface area contributed by atoms with E-state index in [2.05, 4.69) is 31.0 Å². The molecule has 0 bridgehead atoms. The summed E-state index contributed by atoms with van der Waals surface area (Å²) in [5, 5.41) is 8.47. The molecule has 0 saturated heterocycles. The molecule has 19 heavy (non-hydrogen) atoms. The third-order valence-corrected chi connectivity index (χ3v) is 3.20. The van der Waals surface area contributed by atoms with E-state index in [1.165, 1.54) is 9.36 Å². The van der Waals surface area contributed by atoms with E-state index in [4.69, 9.17) is 0 Å². The highest BCUT2D eigenvalue weighted by Crippen LogP contribution is 2.17. The molecule has 2 aromatic rings. The van der Waals surface area contributed by atoms with E-state index in [-0.39, 0.29) is 6.03 Å². The Morgan fingerprint density at radius 2 is 2.00 bits per heavy atom. The number of hydrogen-bond donors (Lipinski definition) is 0. The molecule has 0 fully saturated rings. The number of hydrogen-bond acceptors (Lipinski definition) is 3. The Labute approximate surface area is 113 Å². The topological polar surface area (TPSA) is 52.7 Å². The van der Waals surface area contributed by atoms with Gasteiger partial charge >= 0.3 is 6.03 Å². The molecule has 5 heteroatoms. The normalized spacial score (nSPS) is 10.9. The molecule has 0 amide bonds. The maximum absolute atomic E-state index is 12.4. The smallest absolute Gasteiger partial charge is 0.244 e. The van der Waals surface area contributed by atoms with Crippen LogP contribution in [0.1, 0.15) is 43.6 Å². The number of aromatic nitrogens is 4. The van der Waals surface area contributed by atoms with Gasteiger partial charge < -0.3 is 0 Å². The highest BCUT2D eigenvalue weighted by Gasteiger charge is 2.19. The lowest BCUT2D eigenvalue weighted by Crippen LogP contribution is -2.23. The Balaban J connectivity index is 2.43. The monoisotopic (exact) mass is 260 g/mol. The molecular weight excluding hydrogens is 240 g/mol. The van der Waals surface area contributed by atoms with Gasteiger partial charge in [0.05, 0.1) is 11.4 Å². The summed E-state index contributed by atoms with van der Waals surface area (Å²) in [7, 11) is 0. The molecule has 0 radical (unpaired) electrons. The predicted octanol–water partition coefficient (Wildman–Crippen LogP) is 2.81. The molecule has 102 valence electrons. The summed E-state index contributed by atoms with van der Waals surface area (Å²) in [5.74, 6) is 0. The van der Waals surface area contributed by atoms with Gasteiger partial charge in [0.2, 0.25) is 0 Å². The van der Waals surface area contributed by atoms with E-state index in [1.54, 1.807) is 18.5 Å². The summed E-state index contributed by atoms with van der Waals surface area (Å²) < 4.78 is 2.83. The lowest BCUT2D eigenvalue weighted by molar-refractivity contribution is 0.237. The van der Waals surface area contributed by atoms with Crippen molar-refractivity contribution in [3.05, 3.63) is 35.4 Å². The summed E-state index contributed by atoms with van der Waals surface area (Å²) in [6.45, 7) is 6.28. The zero-order chi connectivity index (χ0) is 13.8. The molecule has 0 aliphatic rings. The molecule has 0 spiro atoms. The lowest BCUT2D eigenvalue weighted by atomic mass is 10.1. The third kappa shape index (κ3) is 2.59. The second-order valence-corrected chi connectivity index (χ2v) is 4.66. The Bertz CT molecular complexity index is 554. The molecular formula is C14H20N4O. The van der Waals surface area contributed by atoms with Crippen LogP contribution in [-0.4, -0.2) is 25.6 Å². The highest BCUT2D eigenvalue weighted by atomic mass is 16.2. The van der Waals surface area contributed by atoms with Crippen LogP contribution in [0.5, 0.6) is 0 Å². The highest BCUT2D eigenvalue weighted by molar-refractivity contribution is 5.78. The van der Waals surface area contributed by atoms with Crippen molar-refractivity contribution in [2.75, 3.05) is 0 Å². The summed E-state index contributed by atoms with van der Waals surface area (Å²) >= 11 is 0. The van der Waals surface area contributed by atoms with Crippen molar-refractivity contribution in [3.63, 3.8) is 0 Å².